The molecule has 200 valence electrons. The van der Waals surface area contributed by atoms with Gasteiger partial charge in [-0.25, -0.2) is 9.59 Å². The van der Waals surface area contributed by atoms with Gasteiger partial charge in [-0.1, -0.05) is 76.1 Å². The minimum atomic E-state index is -0.756. The van der Waals surface area contributed by atoms with Crippen LogP contribution in [0.4, 0.5) is 0 Å². The summed E-state index contributed by atoms with van der Waals surface area (Å²) in [5.74, 6) is -0.819. The quantitative estimate of drug-likeness (QED) is 0.0941. The molecule has 3 aromatic rings. The summed E-state index contributed by atoms with van der Waals surface area (Å²) < 4.78 is 15.8. The van der Waals surface area contributed by atoms with Crippen LogP contribution in [-0.2, 0) is 9.53 Å². The van der Waals surface area contributed by atoms with E-state index < -0.39 is 17.9 Å². The van der Waals surface area contributed by atoms with Crippen molar-refractivity contribution >= 4 is 17.9 Å². The van der Waals surface area contributed by atoms with Gasteiger partial charge in [0, 0.05) is 6.92 Å². The van der Waals surface area contributed by atoms with E-state index in [4.69, 9.17) is 9.47 Å². The highest BCUT2D eigenvalue weighted by Gasteiger charge is 2.12. The molecule has 0 spiro atoms. The molecular formula is C32H36O6. The van der Waals surface area contributed by atoms with Crippen molar-refractivity contribution in [3.8, 4) is 22.6 Å². The van der Waals surface area contributed by atoms with Crippen LogP contribution in [0.15, 0.2) is 72.8 Å². The molecule has 0 saturated carbocycles. The lowest BCUT2D eigenvalue weighted by atomic mass is 10.0. The molecule has 6 heteroatoms. The maximum absolute atomic E-state index is 12.5. The van der Waals surface area contributed by atoms with Crippen molar-refractivity contribution in [2.24, 2.45) is 0 Å². The third-order valence-electron chi connectivity index (χ3n) is 6.11. The van der Waals surface area contributed by atoms with Crippen molar-refractivity contribution in [2.45, 2.75) is 65.2 Å². The van der Waals surface area contributed by atoms with Crippen molar-refractivity contribution < 1.29 is 28.6 Å². The van der Waals surface area contributed by atoms with E-state index in [1.807, 2.05) is 36.4 Å². The first kappa shape index (κ1) is 28.6. The third kappa shape index (κ3) is 9.51. The Bertz CT molecular complexity index is 1160. The van der Waals surface area contributed by atoms with Crippen LogP contribution < -0.4 is 9.47 Å². The second-order valence-corrected chi connectivity index (χ2v) is 9.22. The van der Waals surface area contributed by atoms with Crippen molar-refractivity contribution in [3.63, 3.8) is 0 Å². The van der Waals surface area contributed by atoms with E-state index in [1.54, 1.807) is 12.1 Å². The minimum absolute atomic E-state index is 0.189. The normalized spacial score (nSPS) is 10.6. The van der Waals surface area contributed by atoms with Gasteiger partial charge >= 0.3 is 17.9 Å². The molecule has 3 rings (SSSR count). The van der Waals surface area contributed by atoms with Crippen molar-refractivity contribution in [3.05, 3.63) is 83.9 Å². The highest BCUT2D eigenvalue weighted by atomic mass is 16.6. The molecule has 0 fully saturated rings. The molecule has 0 radical (unpaired) electrons. The molecule has 0 heterocycles. The lowest BCUT2D eigenvalue weighted by Gasteiger charge is -2.09. The fourth-order valence-corrected chi connectivity index (χ4v) is 3.98. The molecule has 0 aliphatic heterocycles. The van der Waals surface area contributed by atoms with Gasteiger partial charge in [0.05, 0.1) is 17.7 Å². The molecule has 0 aliphatic carbocycles. The van der Waals surface area contributed by atoms with Crippen LogP contribution in [0.1, 0.15) is 85.9 Å². The lowest BCUT2D eigenvalue weighted by Crippen LogP contribution is -2.10. The molecule has 0 aliphatic rings. The predicted octanol–water partition coefficient (Wildman–Crippen LogP) is 7.80. The summed E-state index contributed by atoms with van der Waals surface area (Å²) in [6, 6.07) is 20.9. The fraction of sp³-hybridized carbons (Fsp3) is 0.344. The van der Waals surface area contributed by atoms with E-state index in [1.165, 1.54) is 69.2 Å². The molecule has 0 unspecified atom stereocenters. The summed E-state index contributed by atoms with van der Waals surface area (Å²) in [5.41, 5.74) is 2.59. The summed E-state index contributed by atoms with van der Waals surface area (Å²) in [5, 5.41) is 0. The first-order valence-electron chi connectivity index (χ1n) is 13.3. The number of ether oxygens (including phenoxy) is 3. The number of unbranched alkanes of at least 4 members (excludes halogenated alkanes) is 7. The van der Waals surface area contributed by atoms with Crippen LogP contribution >= 0.6 is 0 Å². The molecule has 0 N–H and O–H groups in total. The molecule has 0 saturated heterocycles. The number of esters is 3. The molecular weight excluding hydrogens is 480 g/mol. The Morgan fingerprint density at radius 1 is 0.579 bits per heavy atom. The Hall–Kier alpha value is -3.93. The highest BCUT2D eigenvalue weighted by molar-refractivity contribution is 5.96. The standard InChI is InChI=1S/C32H36O6/c1-3-4-5-6-7-8-9-10-23-36-29-19-15-26(16-20-29)25-11-13-27(14-12-25)32(35)38-30-21-17-28(18-22-30)31(34)37-24(2)33/h11-22H,3-10,23H2,1-2H3. The Morgan fingerprint density at radius 3 is 1.63 bits per heavy atom. The van der Waals surface area contributed by atoms with Crippen molar-refractivity contribution in [1.82, 2.24) is 0 Å². The lowest BCUT2D eigenvalue weighted by molar-refractivity contribution is -0.135. The van der Waals surface area contributed by atoms with Gasteiger partial charge in [-0.05, 0) is 66.1 Å². The second kappa shape index (κ2) is 15.4. The fourth-order valence-electron chi connectivity index (χ4n) is 3.98. The maximum Gasteiger partial charge on any atom is 0.345 e. The highest BCUT2D eigenvalue weighted by Crippen LogP contribution is 2.24. The summed E-state index contributed by atoms with van der Waals surface area (Å²) in [6.45, 7) is 4.13. The molecule has 0 amide bonds. The van der Waals surface area contributed by atoms with Crippen molar-refractivity contribution in [2.75, 3.05) is 6.61 Å². The molecule has 3 aromatic carbocycles. The zero-order chi connectivity index (χ0) is 27.2. The zero-order valence-electron chi connectivity index (χ0n) is 22.2. The summed E-state index contributed by atoms with van der Waals surface area (Å²) >= 11 is 0. The Kier molecular flexibility index (Phi) is 11.6. The van der Waals surface area contributed by atoms with Gasteiger partial charge in [-0.3, -0.25) is 4.79 Å². The van der Waals surface area contributed by atoms with Gasteiger partial charge in [0.1, 0.15) is 11.5 Å². The first-order valence-corrected chi connectivity index (χ1v) is 13.3. The SMILES string of the molecule is CCCCCCCCCCOc1ccc(-c2ccc(C(=O)Oc3ccc(C(=O)OC(C)=O)cc3)cc2)cc1. The van der Waals surface area contributed by atoms with E-state index >= 15 is 0 Å². The molecule has 0 bridgehead atoms. The smallest absolute Gasteiger partial charge is 0.345 e. The van der Waals surface area contributed by atoms with Crippen LogP contribution in [-0.4, -0.2) is 24.5 Å². The van der Waals surface area contributed by atoms with Crippen LogP contribution in [0, 0.1) is 0 Å². The number of hydrogen-bond acceptors (Lipinski definition) is 6. The van der Waals surface area contributed by atoms with Crippen LogP contribution in [0.3, 0.4) is 0 Å². The van der Waals surface area contributed by atoms with Crippen LogP contribution in [0.5, 0.6) is 11.5 Å². The molecule has 6 nitrogen and oxygen atoms in total. The van der Waals surface area contributed by atoms with E-state index in [0.717, 1.165) is 36.8 Å². The van der Waals surface area contributed by atoms with Crippen LogP contribution in [0.2, 0.25) is 0 Å². The molecule has 38 heavy (non-hydrogen) atoms. The van der Waals surface area contributed by atoms with Gasteiger partial charge in [-0.15, -0.1) is 0 Å². The van der Waals surface area contributed by atoms with Gasteiger partial charge in [0.2, 0.25) is 0 Å². The van der Waals surface area contributed by atoms with Gasteiger partial charge in [0.15, 0.2) is 0 Å². The maximum atomic E-state index is 12.5. The third-order valence-corrected chi connectivity index (χ3v) is 6.11. The average molecular weight is 517 g/mol. The van der Waals surface area contributed by atoms with E-state index in [9.17, 15) is 14.4 Å². The largest absolute Gasteiger partial charge is 0.494 e. The van der Waals surface area contributed by atoms with E-state index in [0.29, 0.717) is 5.56 Å². The zero-order valence-corrected chi connectivity index (χ0v) is 22.2. The Morgan fingerprint density at radius 2 is 1.05 bits per heavy atom. The monoisotopic (exact) mass is 516 g/mol. The number of carbonyl (C=O) groups excluding carboxylic acids is 3. The molecule has 0 atom stereocenters. The summed E-state index contributed by atoms with van der Waals surface area (Å²) in [4.78, 5) is 35.2. The van der Waals surface area contributed by atoms with Gasteiger partial charge in [0.25, 0.3) is 0 Å². The van der Waals surface area contributed by atoms with Crippen molar-refractivity contribution in [1.29, 1.82) is 0 Å². The Labute approximate surface area is 224 Å². The van der Waals surface area contributed by atoms with Crippen LogP contribution in [0.25, 0.3) is 11.1 Å². The summed E-state index contributed by atoms with van der Waals surface area (Å²) in [6.07, 6.45) is 10.2. The second-order valence-electron chi connectivity index (χ2n) is 9.22. The van der Waals surface area contributed by atoms with E-state index in [2.05, 4.69) is 11.7 Å². The van der Waals surface area contributed by atoms with Gasteiger partial charge in [-0.2, -0.15) is 0 Å². The molecule has 0 aromatic heterocycles. The number of hydrogen-bond donors (Lipinski definition) is 0. The topological polar surface area (TPSA) is 78.9 Å². The number of carbonyl (C=O) groups is 3. The van der Waals surface area contributed by atoms with E-state index in [-0.39, 0.29) is 11.3 Å². The average Bonchev–Trinajstić information content (AvgIpc) is 2.92. The Balaban J connectivity index is 1.44. The summed E-state index contributed by atoms with van der Waals surface area (Å²) in [7, 11) is 0. The first-order chi connectivity index (χ1) is 18.5. The number of benzene rings is 3. The minimum Gasteiger partial charge on any atom is -0.494 e. The number of rotatable bonds is 14. The van der Waals surface area contributed by atoms with Gasteiger partial charge < -0.3 is 14.2 Å². The predicted molar refractivity (Wildman–Crippen MR) is 147 cm³/mol.